The van der Waals surface area contributed by atoms with Gasteiger partial charge in [-0.25, -0.2) is 0 Å². The molecule has 0 saturated heterocycles. The Labute approximate surface area is 241 Å². The molecule has 3 atom stereocenters. The Bertz CT molecular complexity index is 1280. The number of carbonyl (C=O) groups excluding carboxylic acids is 3. The molecule has 1 heterocycles. The van der Waals surface area contributed by atoms with Crippen molar-refractivity contribution in [3.63, 3.8) is 0 Å². The number of nitrogens with zero attached hydrogens (tertiary/aromatic N) is 1. The molecule has 41 heavy (non-hydrogen) atoms. The van der Waals surface area contributed by atoms with Gasteiger partial charge in [-0.2, -0.15) is 0 Å². The van der Waals surface area contributed by atoms with Crippen LogP contribution in [0.15, 0.2) is 103 Å². The highest BCUT2D eigenvalue weighted by atomic mass is 16.5. The van der Waals surface area contributed by atoms with Crippen LogP contribution in [0.5, 0.6) is 0 Å². The molecule has 7 nitrogen and oxygen atoms in total. The Hall–Kier alpha value is -4.23. The predicted octanol–water partition coefficient (Wildman–Crippen LogP) is 4.62. The largest absolute Gasteiger partial charge is 0.455 e. The summed E-state index contributed by atoms with van der Waals surface area (Å²) in [4.78, 5) is 41.7. The standard InChI is InChI=1S/C34H38N2O5/c37-21-20-36(25-27-14-6-2-7-15-27)32(38)23-29-18-10-11-19-30(22-26-12-4-1-5-13-26)34(40)41-31(24-35-33(29)39)28-16-8-3-9-17-28/h1-17,29-31,37H,18-25H2,(H,35,39). The number of carbonyl (C=O) groups is 3. The number of hydrogen-bond acceptors (Lipinski definition) is 5. The van der Waals surface area contributed by atoms with E-state index in [0.717, 1.165) is 16.7 Å². The summed E-state index contributed by atoms with van der Waals surface area (Å²) >= 11 is 0. The second-order valence-corrected chi connectivity index (χ2v) is 10.3. The van der Waals surface area contributed by atoms with Crippen LogP contribution >= 0.6 is 0 Å². The van der Waals surface area contributed by atoms with E-state index in [1.165, 1.54) is 0 Å². The number of amides is 2. The van der Waals surface area contributed by atoms with Crippen LogP contribution < -0.4 is 5.32 Å². The zero-order chi connectivity index (χ0) is 28.9. The van der Waals surface area contributed by atoms with E-state index in [2.05, 4.69) is 5.32 Å². The van der Waals surface area contributed by atoms with Crippen LogP contribution in [0, 0.1) is 11.8 Å². The van der Waals surface area contributed by atoms with Gasteiger partial charge in [-0.3, -0.25) is 14.4 Å². The molecule has 7 heteroatoms. The molecule has 0 saturated carbocycles. The highest BCUT2D eigenvalue weighted by molar-refractivity contribution is 5.86. The van der Waals surface area contributed by atoms with Crippen LogP contribution in [0.25, 0.3) is 0 Å². The summed E-state index contributed by atoms with van der Waals surface area (Å²) in [5.41, 5.74) is 2.79. The molecule has 214 valence electrons. The molecule has 0 fully saturated rings. The number of cyclic esters (lactones) is 1. The topological polar surface area (TPSA) is 95.9 Å². The zero-order valence-electron chi connectivity index (χ0n) is 23.2. The lowest BCUT2D eigenvalue weighted by molar-refractivity contribution is -0.155. The van der Waals surface area contributed by atoms with Crippen LogP contribution in [0.1, 0.15) is 42.1 Å². The molecule has 1 aliphatic rings. The first-order valence-corrected chi connectivity index (χ1v) is 14.2. The van der Waals surface area contributed by atoms with E-state index in [1.54, 1.807) is 4.90 Å². The van der Waals surface area contributed by atoms with E-state index in [9.17, 15) is 19.5 Å². The van der Waals surface area contributed by atoms with Crippen molar-refractivity contribution in [3.05, 3.63) is 120 Å². The van der Waals surface area contributed by atoms with E-state index in [4.69, 9.17) is 4.74 Å². The lowest BCUT2D eigenvalue weighted by atomic mass is 9.94. The molecule has 2 amide bonds. The van der Waals surface area contributed by atoms with Crippen molar-refractivity contribution in [1.29, 1.82) is 0 Å². The number of rotatable bonds is 9. The Balaban J connectivity index is 1.53. The van der Waals surface area contributed by atoms with Gasteiger partial charge >= 0.3 is 5.97 Å². The quantitative estimate of drug-likeness (QED) is 0.297. The molecule has 0 spiro atoms. The highest BCUT2D eigenvalue weighted by Gasteiger charge is 2.28. The number of allylic oxidation sites excluding steroid dienone is 2. The fraction of sp³-hybridized carbons (Fsp3) is 0.324. The van der Waals surface area contributed by atoms with Gasteiger partial charge in [0, 0.05) is 19.5 Å². The van der Waals surface area contributed by atoms with Crippen molar-refractivity contribution in [2.45, 2.75) is 38.3 Å². The smallest absolute Gasteiger partial charge is 0.310 e. The molecule has 4 rings (SSSR count). The minimum absolute atomic E-state index is 0.00619. The number of benzene rings is 3. The SMILES string of the molecule is O=C1NCC(c2ccccc2)OC(=O)C(Cc2ccccc2)CC=CCC1CC(=O)N(CCO)Cc1ccccc1. The minimum Gasteiger partial charge on any atom is -0.455 e. The van der Waals surface area contributed by atoms with E-state index in [0.29, 0.717) is 25.8 Å². The van der Waals surface area contributed by atoms with Gasteiger partial charge in [-0.1, -0.05) is 103 Å². The lowest BCUT2D eigenvalue weighted by Gasteiger charge is -2.26. The lowest BCUT2D eigenvalue weighted by Crippen LogP contribution is -2.40. The first kappa shape index (κ1) is 29.7. The molecule has 2 N–H and O–H groups in total. The molecule has 3 aromatic carbocycles. The minimum atomic E-state index is -0.658. The van der Waals surface area contributed by atoms with Gasteiger partial charge in [0.15, 0.2) is 0 Å². The predicted molar refractivity (Wildman–Crippen MR) is 157 cm³/mol. The van der Waals surface area contributed by atoms with Gasteiger partial charge in [0.05, 0.1) is 25.0 Å². The Morgan fingerprint density at radius 3 is 2.05 bits per heavy atom. The van der Waals surface area contributed by atoms with Crippen molar-refractivity contribution in [3.8, 4) is 0 Å². The molecule has 0 aliphatic carbocycles. The molecule has 0 aromatic heterocycles. The molecule has 3 aromatic rings. The molecular formula is C34H38N2O5. The second kappa shape index (κ2) is 15.5. The van der Waals surface area contributed by atoms with Gasteiger partial charge in [-0.15, -0.1) is 0 Å². The molecule has 0 radical (unpaired) electrons. The maximum absolute atomic E-state index is 13.4. The average Bonchev–Trinajstić information content (AvgIpc) is 3.00. The van der Waals surface area contributed by atoms with Gasteiger partial charge in [0.25, 0.3) is 0 Å². The number of hydrogen-bond donors (Lipinski definition) is 2. The van der Waals surface area contributed by atoms with E-state index in [-0.39, 0.29) is 49.8 Å². The van der Waals surface area contributed by atoms with Crippen molar-refractivity contribution in [2.24, 2.45) is 11.8 Å². The van der Waals surface area contributed by atoms with Crippen LogP contribution in [-0.4, -0.2) is 47.5 Å². The zero-order valence-corrected chi connectivity index (χ0v) is 23.2. The maximum Gasteiger partial charge on any atom is 0.310 e. The number of ether oxygens (including phenoxy) is 1. The summed E-state index contributed by atoms with van der Waals surface area (Å²) in [6.45, 7) is 0.483. The summed E-state index contributed by atoms with van der Waals surface area (Å²) in [7, 11) is 0. The van der Waals surface area contributed by atoms with Crippen molar-refractivity contribution in [2.75, 3.05) is 19.7 Å². The van der Waals surface area contributed by atoms with Crippen LogP contribution in [-0.2, 0) is 32.1 Å². The van der Waals surface area contributed by atoms with Gasteiger partial charge in [-0.05, 0) is 36.0 Å². The van der Waals surface area contributed by atoms with Gasteiger partial charge in [0.1, 0.15) is 6.10 Å². The monoisotopic (exact) mass is 554 g/mol. The summed E-state index contributed by atoms with van der Waals surface area (Å²) in [5.74, 6) is -1.77. The Morgan fingerprint density at radius 2 is 1.41 bits per heavy atom. The number of aliphatic hydroxyl groups is 1. The summed E-state index contributed by atoms with van der Waals surface area (Å²) < 4.78 is 6.00. The number of esters is 1. The number of nitrogens with one attached hydrogen (secondary N) is 1. The van der Waals surface area contributed by atoms with Crippen LogP contribution in [0.3, 0.4) is 0 Å². The van der Waals surface area contributed by atoms with E-state index in [1.807, 2.05) is 103 Å². The first-order chi connectivity index (χ1) is 20.0. The first-order valence-electron chi connectivity index (χ1n) is 14.2. The molecule has 1 aliphatic heterocycles. The fourth-order valence-corrected chi connectivity index (χ4v) is 4.99. The second-order valence-electron chi connectivity index (χ2n) is 10.3. The third-order valence-corrected chi connectivity index (χ3v) is 7.29. The summed E-state index contributed by atoms with van der Waals surface area (Å²) in [5, 5.41) is 12.5. The molecular weight excluding hydrogens is 516 g/mol. The summed E-state index contributed by atoms with van der Waals surface area (Å²) in [6, 6.07) is 28.8. The average molecular weight is 555 g/mol. The fourth-order valence-electron chi connectivity index (χ4n) is 4.99. The van der Waals surface area contributed by atoms with Crippen molar-refractivity contribution < 1.29 is 24.2 Å². The molecule has 3 unspecified atom stereocenters. The van der Waals surface area contributed by atoms with Gasteiger partial charge in [0.2, 0.25) is 11.8 Å². The third-order valence-electron chi connectivity index (χ3n) is 7.29. The van der Waals surface area contributed by atoms with E-state index < -0.39 is 12.0 Å². The normalized spacial score (nSPS) is 19.8. The third kappa shape index (κ3) is 9.15. The van der Waals surface area contributed by atoms with Crippen LogP contribution in [0.4, 0.5) is 0 Å². The van der Waals surface area contributed by atoms with Crippen molar-refractivity contribution >= 4 is 17.8 Å². The summed E-state index contributed by atoms with van der Waals surface area (Å²) in [6.07, 6.45) is 4.50. The van der Waals surface area contributed by atoms with Gasteiger partial charge < -0.3 is 20.1 Å². The highest BCUT2D eigenvalue weighted by Crippen LogP contribution is 2.24. The van der Waals surface area contributed by atoms with Crippen molar-refractivity contribution in [1.82, 2.24) is 10.2 Å². The Morgan fingerprint density at radius 1 is 0.829 bits per heavy atom. The molecule has 0 bridgehead atoms. The number of aliphatic hydroxyl groups excluding tert-OH is 1. The van der Waals surface area contributed by atoms with Crippen LogP contribution in [0.2, 0.25) is 0 Å². The Kier molecular flexibility index (Phi) is 11.3. The maximum atomic E-state index is 13.4. The van der Waals surface area contributed by atoms with E-state index >= 15 is 0 Å².